The Labute approximate surface area is 184 Å². The van der Waals surface area contributed by atoms with Crippen molar-refractivity contribution in [2.45, 2.75) is 32.0 Å². The fourth-order valence-electron chi connectivity index (χ4n) is 3.37. The van der Waals surface area contributed by atoms with Crippen LogP contribution in [0.25, 0.3) is 10.9 Å². The summed E-state index contributed by atoms with van der Waals surface area (Å²) in [6.07, 6.45) is 0.796. The largest absolute Gasteiger partial charge is 0.416 e. The van der Waals surface area contributed by atoms with Crippen LogP contribution in [0.3, 0.4) is 0 Å². The van der Waals surface area contributed by atoms with E-state index in [0.29, 0.717) is 18.2 Å². The molecule has 1 fully saturated rings. The fraction of sp³-hybridized carbons (Fsp3) is 0.381. The zero-order chi connectivity index (χ0) is 20.1. The number of aromatic nitrogens is 2. The third-order valence-corrected chi connectivity index (χ3v) is 4.67. The topological polar surface area (TPSA) is 21.1 Å². The third kappa shape index (κ3) is 6.95. The SMILES string of the molecule is Cn1cc2ccccc2n1.Fc1cc(CN2CCCCC2)cc(C(F)(F)F)c1.I. The molecule has 8 heteroatoms. The van der Waals surface area contributed by atoms with Gasteiger partial charge in [0, 0.05) is 25.2 Å². The monoisotopic (exact) mass is 521 g/mol. The van der Waals surface area contributed by atoms with E-state index < -0.39 is 17.6 Å². The molecule has 0 aliphatic carbocycles. The molecule has 0 unspecified atom stereocenters. The molecule has 1 aliphatic rings. The van der Waals surface area contributed by atoms with Crippen LogP contribution in [0.15, 0.2) is 48.7 Å². The Balaban J connectivity index is 0.000000231. The lowest BCUT2D eigenvalue weighted by atomic mass is 10.1. The van der Waals surface area contributed by atoms with E-state index in [1.54, 1.807) is 0 Å². The highest BCUT2D eigenvalue weighted by Gasteiger charge is 2.31. The van der Waals surface area contributed by atoms with Crippen LogP contribution in [-0.2, 0) is 19.8 Å². The minimum Gasteiger partial charge on any atom is -0.299 e. The first-order valence-electron chi connectivity index (χ1n) is 9.29. The molecule has 3 aromatic rings. The number of hydrogen-bond donors (Lipinski definition) is 0. The predicted octanol–water partition coefficient (Wildman–Crippen LogP) is 6.02. The maximum atomic E-state index is 13.2. The average Bonchev–Trinajstić information content (AvgIpc) is 3.02. The van der Waals surface area contributed by atoms with Gasteiger partial charge in [0.15, 0.2) is 0 Å². The van der Waals surface area contributed by atoms with Crippen molar-refractivity contribution in [1.29, 1.82) is 0 Å². The Morgan fingerprint density at radius 2 is 1.69 bits per heavy atom. The Morgan fingerprint density at radius 3 is 2.34 bits per heavy atom. The van der Waals surface area contributed by atoms with E-state index in [1.165, 1.54) is 11.5 Å². The van der Waals surface area contributed by atoms with Crippen LogP contribution < -0.4 is 0 Å². The van der Waals surface area contributed by atoms with Gasteiger partial charge in [-0.05, 0) is 55.8 Å². The zero-order valence-corrected chi connectivity index (χ0v) is 18.5. The number of piperidine rings is 1. The second kappa shape index (κ2) is 10.4. The normalized spacial score (nSPS) is 14.8. The zero-order valence-electron chi connectivity index (χ0n) is 16.1. The van der Waals surface area contributed by atoms with Crippen molar-refractivity contribution in [2.75, 3.05) is 13.1 Å². The molecule has 1 aliphatic heterocycles. The summed E-state index contributed by atoms with van der Waals surface area (Å²) >= 11 is 0. The number of likely N-dealkylation sites (tertiary alicyclic amines) is 1. The second-order valence-electron chi connectivity index (χ2n) is 7.04. The summed E-state index contributed by atoms with van der Waals surface area (Å²) in [6.45, 7) is 2.14. The summed E-state index contributed by atoms with van der Waals surface area (Å²) in [5.41, 5.74) is 0.545. The first-order chi connectivity index (χ1) is 13.3. The molecular weight excluding hydrogens is 497 g/mol. The van der Waals surface area contributed by atoms with E-state index in [4.69, 9.17) is 0 Å². The van der Waals surface area contributed by atoms with E-state index in [0.717, 1.165) is 43.9 Å². The lowest BCUT2D eigenvalue weighted by Gasteiger charge is -2.26. The Hall–Kier alpha value is -1.68. The summed E-state index contributed by atoms with van der Waals surface area (Å²) in [5, 5.41) is 5.43. The van der Waals surface area contributed by atoms with Gasteiger partial charge in [-0.1, -0.05) is 24.6 Å². The molecule has 2 aromatic carbocycles. The number of fused-ring (bicyclic) bond motifs is 1. The molecule has 0 amide bonds. The van der Waals surface area contributed by atoms with Crippen molar-refractivity contribution in [2.24, 2.45) is 7.05 Å². The highest BCUT2D eigenvalue weighted by atomic mass is 127. The highest BCUT2D eigenvalue weighted by Crippen LogP contribution is 2.30. The van der Waals surface area contributed by atoms with Gasteiger partial charge in [0.1, 0.15) is 5.82 Å². The molecule has 29 heavy (non-hydrogen) atoms. The van der Waals surface area contributed by atoms with Crippen molar-refractivity contribution in [3.63, 3.8) is 0 Å². The molecule has 0 spiro atoms. The minimum absolute atomic E-state index is 0. The minimum atomic E-state index is -4.49. The van der Waals surface area contributed by atoms with Crippen molar-refractivity contribution in [3.8, 4) is 0 Å². The summed E-state index contributed by atoms with van der Waals surface area (Å²) < 4.78 is 52.7. The maximum Gasteiger partial charge on any atom is 0.416 e. The molecule has 2 heterocycles. The number of aryl methyl sites for hydroxylation is 1. The molecule has 0 N–H and O–H groups in total. The van der Waals surface area contributed by atoms with E-state index in [9.17, 15) is 17.6 Å². The van der Waals surface area contributed by atoms with Gasteiger partial charge in [-0.25, -0.2) is 4.39 Å². The van der Waals surface area contributed by atoms with Crippen LogP contribution in [0.1, 0.15) is 30.4 Å². The van der Waals surface area contributed by atoms with Crippen LogP contribution in [-0.4, -0.2) is 27.8 Å². The van der Waals surface area contributed by atoms with Gasteiger partial charge in [0.25, 0.3) is 0 Å². The number of rotatable bonds is 2. The average molecular weight is 521 g/mol. The molecule has 0 radical (unpaired) electrons. The van der Waals surface area contributed by atoms with Gasteiger partial charge in [0.05, 0.1) is 11.1 Å². The predicted molar refractivity (Wildman–Crippen MR) is 117 cm³/mol. The Kier molecular flexibility index (Phi) is 8.45. The second-order valence-corrected chi connectivity index (χ2v) is 7.04. The molecule has 1 saturated heterocycles. The van der Waals surface area contributed by atoms with Crippen LogP contribution in [0.2, 0.25) is 0 Å². The molecule has 0 bridgehead atoms. The van der Waals surface area contributed by atoms with Crippen molar-refractivity contribution in [3.05, 3.63) is 65.6 Å². The molecule has 158 valence electrons. The standard InChI is InChI=1S/C13H15F4N.C8H8N2.HI/c14-12-7-10(6-11(8-12)13(15,16)17)9-18-4-2-1-3-5-18;1-10-6-7-4-2-3-5-8(7)9-10;/h6-8H,1-5,9H2;2-6H,1H3;1H. The van der Waals surface area contributed by atoms with Crippen LogP contribution in [0.4, 0.5) is 17.6 Å². The van der Waals surface area contributed by atoms with Gasteiger partial charge in [-0.3, -0.25) is 9.58 Å². The Morgan fingerprint density at radius 1 is 1.00 bits per heavy atom. The number of alkyl halides is 3. The molecule has 0 atom stereocenters. The molecule has 4 rings (SSSR count). The number of benzene rings is 2. The maximum absolute atomic E-state index is 13.2. The summed E-state index contributed by atoms with van der Waals surface area (Å²) in [4.78, 5) is 2.07. The summed E-state index contributed by atoms with van der Waals surface area (Å²) in [5.74, 6) is -0.822. The van der Waals surface area contributed by atoms with Gasteiger partial charge >= 0.3 is 6.18 Å². The first kappa shape index (κ1) is 23.6. The Bertz CT molecular complexity index is 885. The lowest BCUT2D eigenvalue weighted by molar-refractivity contribution is -0.137. The molecule has 3 nitrogen and oxygen atoms in total. The molecular formula is C21H24F4IN3. The molecule has 1 aromatic heterocycles. The summed E-state index contributed by atoms with van der Waals surface area (Å²) in [6, 6.07) is 10.8. The molecule has 0 saturated carbocycles. The van der Waals surface area contributed by atoms with E-state index in [2.05, 4.69) is 16.1 Å². The van der Waals surface area contributed by atoms with Crippen molar-refractivity contribution >= 4 is 34.9 Å². The third-order valence-electron chi connectivity index (χ3n) is 4.67. The first-order valence-corrected chi connectivity index (χ1v) is 9.29. The smallest absolute Gasteiger partial charge is 0.299 e. The quantitative estimate of drug-likeness (QED) is 0.304. The van der Waals surface area contributed by atoms with Gasteiger partial charge < -0.3 is 0 Å². The van der Waals surface area contributed by atoms with Crippen LogP contribution >= 0.6 is 24.0 Å². The van der Waals surface area contributed by atoms with Crippen molar-refractivity contribution < 1.29 is 17.6 Å². The van der Waals surface area contributed by atoms with Crippen molar-refractivity contribution in [1.82, 2.24) is 14.7 Å². The fourth-order valence-corrected chi connectivity index (χ4v) is 3.37. The highest BCUT2D eigenvalue weighted by molar-refractivity contribution is 14.0. The van der Waals surface area contributed by atoms with Gasteiger partial charge in [-0.15, -0.1) is 24.0 Å². The number of nitrogens with zero attached hydrogens (tertiary/aromatic N) is 3. The summed E-state index contributed by atoms with van der Waals surface area (Å²) in [7, 11) is 1.93. The lowest BCUT2D eigenvalue weighted by Crippen LogP contribution is -2.29. The van der Waals surface area contributed by atoms with Gasteiger partial charge in [0.2, 0.25) is 0 Å². The van der Waals surface area contributed by atoms with E-state index in [1.807, 2.05) is 36.1 Å². The van der Waals surface area contributed by atoms with E-state index in [-0.39, 0.29) is 24.0 Å². The number of halogens is 5. The van der Waals surface area contributed by atoms with Crippen LogP contribution in [0.5, 0.6) is 0 Å². The van der Waals surface area contributed by atoms with Crippen LogP contribution in [0, 0.1) is 5.82 Å². The number of hydrogen-bond acceptors (Lipinski definition) is 2. The van der Waals surface area contributed by atoms with E-state index >= 15 is 0 Å². The van der Waals surface area contributed by atoms with Gasteiger partial charge in [-0.2, -0.15) is 18.3 Å².